The Morgan fingerprint density at radius 1 is 0.895 bits per heavy atom. The molecular formula is C29H47FN2O6. The van der Waals surface area contributed by atoms with Gasteiger partial charge in [0, 0.05) is 19.6 Å². The summed E-state index contributed by atoms with van der Waals surface area (Å²) in [7, 11) is 1.53. The molecule has 0 bridgehead atoms. The molecule has 0 radical (unpaired) electrons. The van der Waals surface area contributed by atoms with Gasteiger partial charge in [0.05, 0.1) is 12.0 Å². The number of hydrogen-bond acceptors (Lipinski definition) is 6. The summed E-state index contributed by atoms with van der Waals surface area (Å²) in [4.78, 5) is 38.2. The summed E-state index contributed by atoms with van der Waals surface area (Å²) >= 11 is 0. The van der Waals surface area contributed by atoms with Gasteiger partial charge in [-0.3, -0.25) is 4.79 Å². The van der Waals surface area contributed by atoms with Gasteiger partial charge in [0.1, 0.15) is 23.1 Å². The predicted octanol–water partition coefficient (Wildman–Crippen LogP) is 5.18. The number of ether oxygens (including phenoxy) is 3. The summed E-state index contributed by atoms with van der Waals surface area (Å²) in [6.45, 7) is 16.3. The number of halogens is 1. The van der Waals surface area contributed by atoms with Crippen LogP contribution >= 0.6 is 0 Å². The maximum absolute atomic E-state index is 14.3. The van der Waals surface area contributed by atoms with Crippen molar-refractivity contribution in [3.8, 4) is 0 Å². The molecule has 2 amide bonds. The van der Waals surface area contributed by atoms with Crippen LogP contribution in [0.3, 0.4) is 0 Å². The minimum atomic E-state index is -1.06. The molecule has 1 rings (SSSR count). The Balaban J connectivity index is 2.84. The van der Waals surface area contributed by atoms with Crippen molar-refractivity contribution in [3.05, 3.63) is 35.6 Å². The lowest BCUT2D eigenvalue weighted by Crippen LogP contribution is -2.49. The number of esters is 1. The fraction of sp³-hybridized carbons (Fsp3) is 0.690. The van der Waals surface area contributed by atoms with E-state index >= 15 is 0 Å². The Bertz CT molecular complexity index is 924. The fourth-order valence-corrected chi connectivity index (χ4v) is 3.81. The smallest absolute Gasteiger partial charge is 0.407 e. The van der Waals surface area contributed by atoms with Crippen molar-refractivity contribution < 1.29 is 33.0 Å². The normalized spacial score (nSPS) is 16.0. The third-order valence-corrected chi connectivity index (χ3v) is 6.17. The lowest BCUT2D eigenvalue weighted by Gasteiger charge is -2.29. The van der Waals surface area contributed by atoms with Crippen molar-refractivity contribution in [2.24, 2.45) is 11.8 Å². The molecule has 0 heterocycles. The Kier molecular flexibility index (Phi) is 12.7. The van der Waals surface area contributed by atoms with E-state index in [2.05, 4.69) is 10.6 Å². The summed E-state index contributed by atoms with van der Waals surface area (Å²) in [6.07, 6.45) is 0.284. The zero-order valence-corrected chi connectivity index (χ0v) is 24.6. The minimum Gasteiger partial charge on any atom is -0.458 e. The second-order valence-electron chi connectivity index (χ2n) is 11.9. The summed E-state index contributed by atoms with van der Waals surface area (Å²) < 4.78 is 30.8. The SMILES string of the molecule is CO[C@@H](CC[C@H](C)C(C)NC(=O)OC(C)(C)C)[C@@H](C)C(=O)N[C@@H](Cc1ccccc1F)C(=O)OC(C)(C)C. The molecule has 1 unspecified atom stereocenters. The van der Waals surface area contributed by atoms with Crippen LogP contribution in [-0.2, 0) is 30.2 Å². The van der Waals surface area contributed by atoms with Crippen LogP contribution in [0.25, 0.3) is 0 Å². The van der Waals surface area contributed by atoms with E-state index in [0.717, 1.165) is 0 Å². The number of hydrogen-bond donors (Lipinski definition) is 2. The van der Waals surface area contributed by atoms with E-state index in [-0.39, 0.29) is 18.4 Å². The summed E-state index contributed by atoms with van der Waals surface area (Å²) in [5.41, 5.74) is -1.05. The van der Waals surface area contributed by atoms with E-state index in [1.807, 2.05) is 13.8 Å². The van der Waals surface area contributed by atoms with Gasteiger partial charge < -0.3 is 24.8 Å². The van der Waals surface area contributed by atoms with Gasteiger partial charge in [-0.15, -0.1) is 0 Å². The first-order valence-electron chi connectivity index (χ1n) is 13.2. The molecule has 0 aliphatic carbocycles. The van der Waals surface area contributed by atoms with Crippen molar-refractivity contribution >= 4 is 18.0 Å². The molecule has 2 N–H and O–H groups in total. The van der Waals surface area contributed by atoms with Gasteiger partial charge in [0.25, 0.3) is 0 Å². The third-order valence-electron chi connectivity index (χ3n) is 6.17. The molecule has 0 saturated heterocycles. The molecular weight excluding hydrogens is 491 g/mol. The lowest BCUT2D eigenvalue weighted by molar-refractivity contribution is -0.159. The highest BCUT2D eigenvalue weighted by Gasteiger charge is 2.32. The number of rotatable bonds is 12. The third kappa shape index (κ3) is 12.2. The van der Waals surface area contributed by atoms with Crippen LogP contribution in [0.4, 0.5) is 9.18 Å². The van der Waals surface area contributed by atoms with E-state index in [9.17, 15) is 18.8 Å². The highest BCUT2D eigenvalue weighted by atomic mass is 19.1. The van der Waals surface area contributed by atoms with Gasteiger partial charge in [-0.2, -0.15) is 0 Å². The van der Waals surface area contributed by atoms with Crippen molar-refractivity contribution in [2.75, 3.05) is 7.11 Å². The van der Waals surface area contributed by atoms with Crippen molar-refractivity contribution in [1.82, 2.24) is 10.6 Å². The van der Waals surface area contributed by atoms with Crippen LogP contribution in [0.2, 0.25) is 0 Å². The first kappa shape index (κ1) is 33.3. The summed E-state index contributed by atoms with van der Waals surface area (Å²) in [5, 5.41) is 5.61. The molecule has 5 atom stereocenters. The molecule has 0 fully saturated rings. The first-order valence-corrected chi connectivity index (χ1v) is 13.2. The van der Waals surface area contributed by atoms with E-state index in [1.165, 1.54) is 13.2 Å². The number of alkyl carbamates (subject to hydrolysis) is 1. The highest BCUT2D eigenvalue weighted by molar-refractivity contribution is 5.86. The van der Waals surface area contributed by atoms with Gasteiger partial charge in [-0.05, 0) is 78.9 Å². The quantitative estimate of drug-likeness (QED) is 0.356. The maximum atomic E-state index is 14.3. The van der Waals surface area contributed by atoms with Crippen LogP contribution in [0, 0.1) is 17.7 Å². The number of benzene rings is 1. The number of methoxy groups -OCH3 is 1. The van der Waals surface area contributed by atoms with Crippen LogP contribution in [0.15, 0.2) is 24.3 Å². The average molecular weight is 539 g/mol. The van der Waals surface area contributed by atoms with Gasteiger partial charge >= 0.3 is 12.1 Å². The zero-order chi connectivity index (χ0) is 29.3. The Morgan fingerprint density at radius 2 is 1.47 bits per heavy atom. The van der Waals surface area contributed by atoms with E-state index in [1.54, 1.807) is 66.7 Å². The fourth-order valence-electron chi connectivity index (χ4n) is 3.81. The average Bonchev–Trinajstić information content (AvgIpc) is 2.77. The van der Waals surface area contributed by atoms with Gasteiger partial charge in [0.15, 0.2) is 0 Å². The standard InChI is InChI=1S/C29H47FN2O6/c1-18(20(3)31-27(35)38-29(7,8)9)15-16-24(36-10)19(2)25(33)32-23(26(34)37-28(4,5)6)17-21-13-11-12-14-22(21)30/h11-14,18-20,23-24H,15-17H2,1-10H3,(H,31,35)(H,32,33)/t18-,19+,20?,23-,24-/m0/s1. The molecule has 216 valence electrons. The molecule has 9 heteroatoms. The molecule has 1 aromatic rings. The van der Waals surface area contributed by atoms with Crippen molar-refractivity contribution in [1.29, 1.82) is 0 Å². The molecule has 1 aromatic carbocycles. The number of amides is 2. The van der Waals surface area contributed by atoms with E-state index < -0.39 is 53.1 Å². The predicted molar refractivity (Wildman–Crippen MR) is 145 cm³/mol. The highest BCUT2D eigenvalue weighted by Crippen LogP contribution is 2.21. The largest absolute Gasteiger partial charge is 0.458 e. The Hall–Kier alpha value is -2.68. The van der Waals surface area contributed by atoms with E-state index in [4.69, 9.17) is 14.2 Å². The van der Waals surface area contributed by atoms with Crippen LogP contribution in [0.5, 0.6) is 0 Å². The monoisotopic (exact) mass is 538 g/mol. The zero-order valence-electron chi connectivity index (χ0n) is 24.6. The van der Waals surface area contributed by atoms with Crippen molar-refractivity contribution in [2.45, 2.75) is 111 Å². The molecule has 0 aliphatic heterocycles. The number of nitrogens with one attached hydrogen (secondary N) is 2. The molecule has 0 saturated carbocycles. The second-order valence-corrected chi connectivity index (χ2v) is 11.9. The molecule has 0 aromatic heterocycles. The summed E-state index contributed by atoms with van der Waals surface area (Å²) in [6, 6.07) is 4.92. The molecule has 0 aliphatic rings. The van der Waals surface area contributed by atoms with Crippen LogP contribution < -0.4 is 10.6 Å². The van der Waals surface area contributed by atoms with E-state index in [0.29, 0.717) is 18.4 Å². The Labute approximate surface area is 227 Å². The van der Waals surface area contributed by atoms with Gasteiger partial charge in [-0.1, -0.05) is 32.0 Å². The minimum absolute atomic E-state index is 0.0391. The van der Waals surface area contributed by atoms with Crippen LogP contribution in [-0.4, -0.2) is 54.5 Å². The molecule has 38 heavy (non-hydrogen) atoms. The van der Waals surface area contributed by atoms with Gasteiger partial charge in [-0.25, -0.2) is 14.0 Å². The van der Waals surface area contributed by atoms with Crippen LogP contribution in [0.1, 0.15) is 80.7 Å². The second kappa shape index (κ2) is 14.5. The number of carbonyl (C=O) groups excluding carboxylic acids is 3. The topological polar surface area (TPSA) is 103 Å². The van der Waals surface area contributed by atoms with Gasteiger partial charge in [0.2, 0.25) is 5.91 Å². The molecule has 0 spiro atoms. The molecule has 8 nitrogen and oxygen atoms in total. The number of carbonyl (C=O) groups is 3. The Morgan fingerprint density at radius 3 is 2.00 bits per heavy atom. The lowest BCUT2D eigenvalue weighted by atomic mass is 9.91. The maximum Gasteiger partial charge on any atom is 0.407 e. The summed E-state index contributed by atoms with van der Waals surface area (Å²) in [5.74, 6) is -1.98. The van der Waals surface area contributed by atoms with Crippen molar-refractivity contribution in [3.63, 3.8) is 0 Å². The first-order chi connectivity index (χ1) is 17.4.